The van der Waals surface area contributed by atoms with Crippen LogP contribution in [0, 0.1) is 18.7 Å². The lowest BCUT2D eigenvalue weighted by Gasteiger charge is -2.42. The third kappa shape index (κ3) is 3.48. The molecule has 0 radical (unpaired) electrons. The van der Waals surface area contributed by atoms with Crippen molar-refractivity contribution in [3.8, 4) is 0 Å². The van der Waals surface area contributed by atoms with Crippen LogP contribution in [0.5, 0.6) is 0 Å². The fraction of sp³-hybridized carbons (Fsp3) is 0.619. The summed E-state index contributed by atoms with van der Waals surface area (Å²) in [5, 5.41) is 0. The summed E-state index contributed by atoms with van der Waals surface area (Å²) in [5.41, 5.74) is 6.62. The molecule has 28 heavy (non-hydrogen) atoms. The molecule has 3 heterocycles. The van der Waals surface area contributed by atoms with Gasteiger partial charge in [0.1, 0.15) is 5.82 Å². The fourth-order valence-electron chi connectivity index (χ4n) is 4.85. The molecule has 1 aromatic carbocycles. The van der Waals surface area contributed by atoms with E-state index in [1.807, 2.05) is 11.8 Å². The molecule has 3 fully saturated rings. The SMILES string of the molecule is Cc1cc(F)c(N)cc1C(=O)N1CCN(C(=O)C2CC3CCC(C2)O3)C[C@@H]1C. The van der Waals surface area contributed by atoms with E-state index in [1.54, 1.807) is 11.8 Å². The molecule has 4 rings (SSSR count). The second-order valence-corrected chi connectivity index (χ2v) is 8.45. The molecular weight excluding hydrogens is 361 g/mol. The minimum absolute atomic E-state index is 0.0236. The molecule has 2 unspecified atom stereocenters. The summed E-state index contributed by atoms with van der Waals surface area (Å²) in [6.07, 6.45) is 4.23. The van der Waals surface area contributed by atoms with Crippen molar-refractivity contribution >= 4 is 17.5 Å². The highest BCUT2D eigenvalue weighted by atomic mass is 19.1. The largest absolute Gasteiger partial charge is 0.396 e. The van der Waals surface area contributed by atoms with Gasteiger partial charge in [-0.3, -0.25) is 9.59 Å². The number of nitrogens with zero attached hydrogens (tertiary/aromatic N) is 2. The molecule has 152 valence electrons. The van der Waals surface area contributed by atoms with Gasteiger partial charge in [-0.05, 0) is 57.2 Å². The third-order valence-corrected chi connectivity index (χ3v) is 6.41. The summed E-state index contributed by atoms with van der Waals surface area (Å²) in [7, 11) is 0. The average Bonchev–Trinajstić information content (AvgIpc) is 3.01. The second-order valence-electron chi connectivity index (χ2n) is 8.45. The zero-order chi connectivity index (χ0) is 20.0. The highest BCUT2D eigenvalue weighted by Gasteiger charge is 2.41. The van der Waals surface area contributed by atoms with Crippen molar-refractivity contribution in [2.75, 3.05) is 25.4 Å². The summed E-state index contributed by atoms with van der Waals surface area (Å²) in [4.78, 5) is 29.7. The Labute approximate surface area is 164 Å². The van der Waals surface area contributed by atoms with E-state index < -0.39 is 5.82 Å². The van der Waals surface area contributed by atoms with Crippen LogP contribution < -0.4 is 5.73 Å². The van der Waals surface area contributed by atoms with Gasteiger partial charge < -0.3 is 20.3 Å². The molecular formula is C21H28FN3O3. The molecule has 0 spiro atoms. The van der Waals surface area contributed by atoms with Crippen molar-refractivity contribution in [3.05, 3.63) is 29.1 Å². The van der Waals surface area contributed by atoms with E-state index in [2.05, 4.69) is 0 Å². The Hall–Kier alpha value is -2.15. The van der Waals surface area contributed by atoms with Gasteiger partial charge >= 0.3 is 0 Å². The first-order valence-corrected chi connectivity index (χ1v) is 10.1. The topological polar surface area (TPSA) is 75.9 Å². The zero-order valence-electron chi connectivity index (χ0n) is 16.5. The van der Waals surface area contributed by atoms with Gasteiger partial charge in [-0.2, -0.15) is 0 Å². The third-order valence-electron chi connectivity index (χ3n) is 6.41. The Bertz CT molecular complexity index is 787. The second kappa shape index (κ2) is 7.35. The number of ether oxygens (including phenoxy) is 1. The minimum atomic E-state index is -0.511. The van der Waals surface area contributed by atoms with Crippen LogP contribution >= 0.6 is 0 Å². The predicted molar refractivity (Wildman–Crippen MR) is 103 cm³/mol. The standard InChI is InChI=1S/C21H28FN3O3/c1-12-7-18(22)19(23)10-17(12)21(27)25-6-5-24(11-13(25)2)20(26)14-8-15-3-4-16(9-14)28-15/h7,10,13-16H,3-6,8-9,11,23H2,1-2H3/t13-,14?,15?,16?/m0/s1. The molecule has 1 aromatic rings. The van der Waals surface area contributed by atoms with E-state index in [9.17, 15) is 14.0 Å². The molecule has 3 aliphatic heterocycles. The van der Waals surface area contributed by atoms with Crippen LogP contribution in [0.25, 0.3) is 0 Å². The van der Waals surface area contributed by atoms with Crippen LogP contribution in [0.2, 0.25) is 0 Å². The number of amides is 2. The van der Waals surface area contributed by atoms with Gasteiger partial charge in [-0.15, -0.1) is 0 Å². The molecule has 0 aliphatic carbocycles. The molecule has 2 amide bonds. The summed E-state index contributed by atoms with van der Waals surface area (Å²) < 4.78 is 19.5. The van der Waals surface area contributed by atoms with Gasteiger partial charge in [0, 0.05) is 37.2 Å². The number of benzene rings is 1. The lowest BCUT2D eigenvalue weighted by molar-refractivity contribution is -0.143. The Morgan fingerprint density at radius 1 is 1.18 bits per heavy atom. The first-order chi connectivity index (χ1) is 13.3. The van der Waals surface area contributed by atoms with Crippen molar-refractivity contribution in [1.82, 2.24) is 9.80 Å². The van der Waals surface area contributed by atoms with Gasteiger partial charge in [0.05, 0.1) is 17.9 Å². The molecule has 2 bridgehead atoms. The molecule has 0 aromatic heterocycles. The molecule has 3 saturated heterocycles. The number of carbonyl (C=O) groups excluding carboxylic acids is 2. The summed E-state index contributed by atoms with van der Waals surface area (Å²) >= 11 is 0. The van der Waals surface area contributed by atoms with Crippen LogP contribution in [-0.2, 0) is 9.53 Å². The van der Waals surface area contributed by atoms with E-state index in [-0.39, 0.29) is 41.7 Å². The van der Waals surface area contributed by atoms with E-state index >= 15 is 0 Å². The number of nitrogen functional groups attached to an aromatic ring is 1. The number of aryl methyl sites for hydroxylation is 1. The molecule has 2 N–H and O–H groups in total. The highest BCUT2D eigenvalue weighted by molar-refractivity contribution is 5.97. The number of anilines is 1. The van der Waals surface area contributed by atoms with Crippen LogP contribution in [0.4, 0.5) is 10.1 Å². The molecule has 3 atom stereocenters. The van der Waals surface area contributed by atoms with Crippen LogP contribution in [-0.4, -0.2) is 59.5 Å². The van der Waals surface area contributed by atoms with E-state index in [1.165, 1.54) is 12.1 Å². The number of rotatable bonds is 2. The molecule has 6 nitrogen and oxygen atoms in total. The lowest BCUT2D eigenvalue weighted by Crippen LogP contribution is -2.57. The van der Waals surface area contributed by atoms with Crippen LogP contribution in [0.3, 0.4) is 0 Å². The van der Waals surface area contributed by atoms with Crippen molar-refractivity contribution in [2.45, 2.75) is 57.8 Å². The first kappa shape index (κ1) is 19.2. The fourth-order valence-corrected chi connectivity index (χ4v) is 4.85. The maximum atomic E-state index is 13.6. The maximum Gasteiger partial charge on any atom is 0.254 e. The minimum Gasteiger partial charge on any atom is -0.396 e. The molecule has 0 saturated carbocycles. The number of hydrogen-bond acceptors (Lipinski definition) is 4. The van der Waals surface area contributed by atoms with E-state index in [0.717, 1.165) is 25.7 Å². The molecule has 3 aliphatic rings. The van der Waals surface area contributed by atoms with Crippen molar-refractivity contribution < 1.29 is 18.7 Å². The van der Waals surface area contributed by atoms with Crippen LogP contribution in [0.1, 0.15) is 48.5 Å². The first-order valence-electron chi connectivity index (χ1n) is 10.1. The Balaban J connectivity index is 1.42. The number of hydrogen-bond donors (Lipinski definition) is 1. The summed E-state index contributed by atoms with van der Waals surface area (Å²) in [6.45, 7) is 5.18. The van der Waals surface area contributed by atoms with E-state index in [0.29, 0.717) is 30.8 Å². The Morgan fingerprint density at radius 3 is 2.50 bits per heavy atom. The number of piperazine rings is 1. The van der Waals surface area contributed by atoms with Gasteiger partial charge in [-0.1, -0.05) is 0 Å². The monoisotopic (exact) mass is 389 g/mol. The van der Waals surface area contributed by atoms with Crippen molar-refractivity contribution in [3.63, 3.8) is 0 Å². The van der Waals surface area contributed by atoms with Crippen molar-refractivity contribution in [1.29, 1.82) is 0 Å². The number of nitrogens with two attached hydrogens (primary N) is 1. The normalized spacial score (nSPS) is 29.8. The predicted octanol–water partition coefficient (Wildman–Crippen LogP) is 2.35. The maximum absolute atomic E-state index is 13.6. The lowest BCUT2D eigenvalue weighted by atomic mass is 9.93. The number of halogens is 1. The van der Waals surface area contributed by atoms with Crippen LogP contribution in [0.15, 0.2) is 12.1 Å². The van der Waals surface area contributed by atoms with Crippen molar-refractivity contribution in [2.24, 2.45) is 5.92 Å². The van der Waals surface area contributed by atoms with Gasteiger partial charge in [0.2, 0.25) is 5.91 Å². The Morgan fingerprint density at radius 2 is 1.86 bits per heavy atom. The highest BCUT2D eigenvalue weighted by Crippen LogP contribution is 2.37. The Kier molecular flexibility index (Phi) is 5.04. The van der Waals surface area contributed by atoms with Gasteiger partial charge in [0.25, 0.3) is 5.91 Å². The number of carbonyl (C=O) groups is 2. The zero-order valence-corrected chi connectivity index (χ0v) is 16.5. The summed E-state index contributed by atoms with van der Waals surface area (Å²) in [6, 6.07) is 2.61. The number of fused-ring (bicyclic) bond motifs is 2. The van der Waals surface area contributed by atoms with Gasteiger partial charge in [-0.25, -0.2) is 4.39 Å². The smallest absolute Gasteiger partial charge is 0.254 e. The average molecular weight is 389 g/mol. The van der Waals surface area contributed by atoms with E-state index in [4.69, 9.17) is 10.5 Å². The quantitative estimate of drug-likeness (QED) is 0.788. The molecule has 7 heteroatoms. The summed E-state index contributed by atoms with van der Waals surface area (Å²) in [5.74, 6) is -0.433. The van der Waals surface area contributed by atoms with Gasteiger partial charge in [0.15, 0.2) is 0 Å².